The fourth-order valence-corrected chi connectivity index (χ4v) is 1.76. The standard InChI is InChI=1S/C8H6BrN3S/c9-5-4-11-8(12-7(5)10)6-2-1-3-13-6/h1-4H,(H2,10,11,12). The minimum absolute atomic E-state index is 0.471. The molecule has 13 heavy (non-hydrogen) atoms. The smallest absolute Gasteiger partial charge is 0.171 e. The van der Waals surface area contributed by atoms with Crippen molar-refractivity contribution in [3.63, 3.8) is 0 Å². The average molecular weight is 256 g/mol. The molecule has 0 aliphatic rings. The van der Waals surface area contributed by atoms with Crippen LogP contribution in [0.4, 0.5) is 5.82 Å². The number of nitrogen functional groups attached to an aromatic ring is 1. The summed E-state index contributed by atoms with van der Waals surface area (Å²) in [4.78, 5) is 9.33. The van der Waals surface area contributed by atoms with Gasteiger partial charge in [-0.3, -0.25) is 0 Å². The molecule has 0 aliphatic carbocycles. The van der Waals surface area contributed by atoms with Crippen LogP contribution in [0.15, 0.2) is 28.2 Å². The van der Waals surface area contributed by atoms with Crippen LogP contribution in [0, 0.1) is 0 Å². The molecule has 0 fully saturated rings. The molecule has 0 spiro atoms. The third-order valence-corrected chi connectivity index (χ3v) is 2.99. The number of nitrogens with two attached hydrogens (primary N) is 1. The molecule has 2 rings (SSSR count). The molecule has 0 bridgehead atoms. The first kappa shape index (κ1) is 8.65. The topological polar surface area (TPSA) is 51.8 Å². The van der Waals surface area contributed by atoms with Gasteiger partial charge in [-0.05, 0) is 27.4 Å². The van der Waals surface area contributed by atoms with E-state index in [9.17, 15) is 0 Å². The molecule has 2 aromatic heterocycles. The first-order valence-corrected chi connectivity index (χ1v) is 5.26. The van der Waals surface area contributed by atoms with Gasteiger partial charge in [0.2, 0.25) is 0 Å². The Hall–Kier alpha value is -0.940. The second kappa shape index (κ2) is 3.43. The Labute approximate surface area is 87.8 Å². The summed E-state index contributed by atoms with van der Waals surface area (Å²) >= 11 is 4.84. The van der Waals surface area contributed by atoms with Crippen molar-refractivity contribution in [1.29, 1.82) is 0 Å². The summed E-state index contributed by atoms with van der Waals surface area (Å²) in [5.41, 5.74) is 5.63. The van der Waals surface area contributed by atoms with Crippen LogP contribution in [-0.2, 0) is 0 Å². The Morgan fingerprint density at radius 2 is 2.31 bits per heavy atom. The van der Waals surface area contributed by atoms with Gasteiger partial charge in [0.1, 0.15) is 5.82 Å². The van der Waals surface area contributed by atoms with Crippen molar-refractivity contribution in [1.82, 2.24) is 9.97 Å². The highest BCUT2D eigenvalue weighted by Gasteiger charge is 2.04. The van der Waals surface area contributed by atoms with Gasteiger partial charge in [-0.2, -0.15) is 0 Å². The van der Waals surface area contributed by atoms with E-state index in [4.69, 9.17) is 5.73 Å². The maximum atomic E-state index is 5.63. The van der Waals surface area contributed by atoms with Crippen molar-refractivity contribution in [3.8, 4) is 10.7 Å². The van der Waals surface area contributed by atoms with Crippen LogP contribution in [0.1, 0.15) is 0 Å². The zero-order valence-corrected chi connectivity index (χ0v) is 8.97. The minimum Gasteiger partial charge on any atom is -0.383 e. The molecule has 0 saturated heterocycles. The minimum atomic E-state index is 0.471. The summed E-state index contributed by atoms with van der Waals surface area (Å²) in [7, 11) is 0. The number of nitrogens with zero attached hydrogens (tertiary/aromatic N) is 2. The molecular formula is C8H6BrN3S. The van der Waals surface area contributed by atoms with E-state index in [1.165, 1.54) is 0 Å². The molecule has 0 atom stereocenters. The molecule has 0 amide bonds. The highest BCUT2D eigenvalue weighted by molar-refractivity contribution is 9.10. The molecule has 3 nitrogen and oxygen atoms in total. The number of anilines is 1. The van der Waals surface area contributed by atoms with E-state index in [-0.39, 0.29) is 0 Å². The maximum Gasteiger partial charge on any atom is 0.171 e. The number of hydrogen-bond donors (Lipinski definition) is 1. The van der Waals surface area contributed by atoms with Crippen molar-refractivity contribution in [2.24, 2.45) is 0 Å². The molecule has 0 unspecified atom stereocenters. The first-order valence-electron chi connectivity index (χ1n) is 3.59. The molecule has 2 aromatic rings. The van der Waals surface area contributed by atoms with Crippen molar-refractivity contribution >= 4 is 33.1 Å². The quantitative estimate of drug-likeness (QED) is 0.853. The van der Waals surface area contributed by atoms with Crippen LogP contribution in [0.25, 0.3) is 10.7 Å². The lowest BCUT2D eigenvalue weighted by Gasteiger charge is -1.98. The Balaban J connectivity index is 2.49. The highest BCUT2D eigenvalue weighted by Crippen LogP contribution is 2.23. The van der Waals surface area contributed by atoms with Crippen molar-refractivity contribution in [2.75, 3.05) is 5.73 Å². The van der Waals surface area contributed by atoms with Gasteiger partial charge >= 0.3 is 0 Å². The van der Waals surface area contributed by atoms with Crippen molar-refractivity contribution in [2.45, 2.75) is 0 Å². The first-order chi connectivity index (χ1) is 6.27. The van der Waals surface area contributed by atoms with Gasteiger partial charge < -0.3 is 5.73 Å². The van der Waals surface area contributed by atoms with Gasteiger partial charge in [0.25, 0.3) is 0 Å². The molecule has 0 aromatic carbocycles. The van der Waals surface area contributed by atoms with Crippen molar-refractivity contribution in [3.05, 3.63) is 28.2 Å². The zero-order valence-electron chi connectivity index (χ0n) is 6.57. The van der Waals surface area contributed by atoms with E-state index < -0.39 is 0 Å². The van der Waals surface area contributed by atoms with E-state index in [0.717, 1.165) is 9.35 Å². The average Bonchev–Trinajstić information content (AvgIpc) is 2.62. The number of halogens is 1. The van der Waals surface area contributed by atoms with Crippen LogP contribution >= 0.6 is 27.3 Å². The summed E-state index contributed by atoms with van der Waals surface area (Å²) < 4.78 is 0.729. The Morgan fingerprint density at radius 3 is 2.92 bits per heavy atom. The third kappa shape index (κ3) is 1.71. The van der Waals surface area contributed by atoms with E-state index in [0.29, 0.717) is 11.6 Å². The van der Waals surface area contributed by atoms with Gasteiger partial charge in [-0.1, -0.05) is 6.07 Å². The summed E-state index contributed by atoms with van der Waals surface area (Å²) in [6.07, 6.45) is 1.66. The second-order valence-electron chi connectivity index (χ2n) is 2.40. The van der Waals surface area contributed by atoms with E-state index >= 15 is 0 Å². The number of hydrogen-bond acceptors (Lipinski definition) is 4. The van der Waals surface area contributed by atoms with E-state index in [1.807, 2.05) is 17.5 Å². The fourth-order valence-electron chi connectivity index (χ4n) is 0.905. The molecule has 0 saturated carbocycles. The Kier molecular flexibility index (Phi) is 2.28. The molecule has 5 heteroatoms. The molecule has 0 aliphatic heterocycles. The summed E-state index contributed by atoms with van der Waals surface area (Å²) in [6.45, 7) is 0. The Bertz CT molecular complexity index is 413. The van der Waals surface area contributed by atoms with E-state index in [1.54, 1.807) is 17.5 Å². The number of rotatable bonds is 1. The predicted molar refractivity (Wildman–Crippen MR) is 57.5 cm³/mol. The lowest BCUT2D eigenvalue weighted by Crippen LogP contribution is -1.95. The zero-order chi connectivity index (χ0) is 9.26. The predicted octanol–water partition coefficient (Wildman–Crippen LogP) is 2.55. The van der Waals surface area contributed by atoms with Crippen LogP contribution in [0.3, 0.4) is 0 Å². The summed E-state index contributed by atoms with van der Waals surface area (Å²) in [5.74, 6) is 1.15. The van der Waals surface area contributed by atoms with Crippen LogP contribution in [0.5, 0.6) is 0 Å². The SMILES string of the molecule is Nc1nc(-c2cccs2)ncc1Br. The summed E-state index contributed by atoms with van der Waals surface area (Å²) in [6, 6.07) is 3.93. The largest absolute Gasteiger partial charge is 0.383 e. The van der Waals surface area contributed by atoms with Crippen LogP contribution in [-0.4, -0.2) is 9.97 Å². The lowest BCUT2D eigenvalue weighted by atomic mass is 10.4. The monoisotopic (exact) mass is 255 g/mol. The molecule has 2 heterocycles. The molecule has 66 valence electrons. The number of aromatic nitrogens is 2. The lowest BCUT2D eigenvalue weighted by molar-refractivity contribution is 1.18. The third-order valence-electron chi connectivity index (χ3n) is 1.51. The molecular weight excluding hydrogens is 250 g/mol. The molecule has 2 N–H and O–H groups in total. The summed E-state index contributed by atoms with van der Waals surface area (Å²) in [5, 5.41) is 1.98. The molecule has 0 radical (unpaired) electrons. The fraction of sp³-hybridized carbons (Fsp3) is 0. The van der Waals surface area contributed by atoms with Gasteiger partial charge in [0.05, 0.1) is 9.35 Å². The van der Waals surface area contributed by atoms with Crippen LogP contribution < -0.4 is 5.73 Å². The van der Waals surface area contributed by atoms with Gasteiger partial charge in [-0.25, -0.2) is 9.97 Å². The normalized spacial score (nSPS) is 10.2. The maximum absolute atomic E-state index is 5.63. The van der Waals surface area contributed by atoms with Crippen molar-refractivity contribution < 1.29 is 0 Å². The van der Waals surface area contributed by atoms with Gasteiger partial charge in [0.15, 0.2) is 5.82 Å². The van der Waals surface area contributed by atoms with Gasteiger partial charge in [0, 0.05) is 6.20 Å². The Morgan fingerprint density at radius 1 is 1.46 bits per heavy atom. The van der Waals surface area contributed by atoms with E-state index in [2.05, 4.69) is 25.9 Å². The number of thiophene rings is 1. The second-order valence-corrected chi connectivity index (χ2v) is 4.21. The highest BCUT2D eigenvalue weighted by atomic mass is 79.9. The van der Waals surface area contributed by atoms with Gasteiger partial charge in [-0.15, -0.1) is 11.3 Å². The van der Waals surface area contributed by atoms with Crippen LogP contribution in [0.2, 0.25) is 0 Å².